The smallest absolute Gasteiger partial charge is 0.0597 e. The number of aromatic nitrogens is 2. The summed E-state index contributed by atoms with van der Waals surface area (Å²) in [6, 6.07) is 10.6. The second-order valence-electron chi connectivity index (χ2n) is 6.05. The van der Waals surface area contributed by atoms with Crippen LogP contribution in [0, 0.1) is 6.92 Å². The first-order valence-corrected chi connectivity index (χ1v) is 6.71. The number of hydrogen-bond donors (Lipinski definition) is 1. The van der Waals surface area contributed by atoms with Crippen molar-refractivity contribution in [2.75, 3.05) is 5.32 Å². The van der Waals surface area contributed by atoms with E-state index in [1.807, 2.05) is 18.7 Å². The molecule has 0 aliphatic rings. The van der Waals surface area contributed by atoms with Crippen LogP contribution in [0.2, 0.25) is 0 Å². The van der Waals surface area contributed by atoms with E-state index in [2.05, 4.69) is 61.5 Å². The van der Waals surface area contributed by atoms with Crippen LogP contribution in [0.3, 0.4) is 0 Å². The van der Waals surface area contributed by atoms with Gasteiger partial charge in [0.15, 0.2) is 0 Å². The molecule has 1 N–H and O–H groups in total. The SMILES string of the molecule is Cc1cc(CNc2ccccc2C(C)(C)C)n(C)n1. The zero-order valence-electron chi connectivity index (χ0n) is 12.5. The van der Waals surface area contributed by atoms with Crippen molar-refractivity contribution in [2.45, 2.75) is 39.7 Å². The summed E-state index contributed by atoms with van der Waals surface area (Å²) in [7, 11) is 1.99. The van der Waals surface area contributed by atoms with E-state index >= 15 is 0 Å². The Hall–Kier alpha value is -1.77. The van der Waals surface area contributed by atoms with Gasteiger partial charge < -0.3 is 5.32 Å². The van der Waals surface area contributed by atoms with E-state index in [1.165, 1.54) is 16.9 Å². The molecule has 19 heavy (non-hydrogen) atoms. The van der Waals surface area contributed by atoms with E-state index in [4.69, 9.17) is 0 Å². The first-order valence-electron chi connectivity index (χ1n) is 6.71. The van der Waals surface area contributed by atoms with Crippen molar-refractivity contribution in [3.8, 4) is 0 Å². The molecule has 1 aromatic heterocycles. The van der Waals surface area contributed by atoms with E-state index < -0.39 is 0 Å². The Morgan fingerprint density at radius 2 is 1.89 bits per heavy atom. The maximum Gasteiger partial charge on any atom is 0.0597 e. The van der Waals surface area contributed by atoms with Gasteiger partial charge >= 0.3 is 0 Å². The zero-order valence-corrected chi connectivity index (χ0v) is 12.5. The van der Waals surface area contributed by atoms with Crippen molar-refractivity contribution in [1.29, 1.82) is 0 Å². The molecule has 0 unspecified atom stereocenters. The normalized spacial score (nSPS) is 11.6. The fraction of sp³-hybridized carbons (Fsp3) is 0.438. The Morgan fingerprint density at radius 1 is 1.21 bits per heavy atom. The molecule has 0 fully saturated rings. The third-order valence-corrected chi connectivity index (χ3v) is 3.29. The van der Waals surface area contributed by atoms with E-state index in [-0.39, 0.29) is 5.41 Å². The van der Waals surface area contributed by atoms with Crippen LogP contribution in [0.5, 0.6) is 0 Å². The second-order valence-corrected chi connectivity index (χ2v) is 6.05. The lowest BCUT2D eigenvalue weighted by Crippen LogP contribution is -2.15. The molecule has 0 saturated heterocycles. The minimum Gasteiger partial charge on any atom is -0.379 e. The van der Waals surface area contributed by atoms with Gasteiger partial charge in [0.25, 0.3) is 0 Å². The van der Waals surface area contributed by atoms with Crippen molar-refractivity contribution in [3.63, 3.8) is 0 Å². The summed E-state index contributed by atoms with van der Waals surface area (Å²) in [5, 5.41) is 7.90. The van der Waals surface area contributed by atoms with E-state index in [9.17, 15) is 0 Å². The molecule has 0 atom stereocenters. The average molecular weight is 257 g/mol. The number of anilines is 1. The zero-order chi connectivity index (χ0) is 14.0. The quantitative estimate of drug-likeness (QED) is 0.909. The summed E-state index contributed by atoms with van der Waals surface area (Å²) >= 11 is 0. The first-order chi connectivity index (χ1) is 8.88. The van der Waals surface area contributed by atoms with Crippen molar-refractivity contribution >= 4 is 5.69 Å². The predicted molar refractivity (Wildman–Crippen MR) is 80.4 cm³/mol. The molecule has 0 bridgehead atoms. The fourth-order valence-corrected chi connectivity index (χ4v) is 2.31. The lowest BCUT2D eigenvalue weighted by atomic mass is 9.86. The highest BCUT2D eigenvalue weighted by molar-refractivity contribution is 5.54. The van der Waals surface area contributed by atoms with Crippen LogP contribution >= 0.6 is 0 Å². The topological polar surface area (TPSA) is 29.9 Å². The number of benzene rings is 1. The van der Waals surface area contributed by atoms with Crippen LogP contribution in [0.1, 0.15) is 37.7 Å². The van der Waals surface area contributed by atoms with Gasteiger partial charge in [0.2, 0.25) is 0 Å². The second kappa shape index (κ2) is 5.08. The number of para-hydroxylation sites is 1. The molecule has 2 rings (SSSR count). The monoisotopic (exact) mass is 257 g/mol. The Morgan fingerprint density at radius 3 is 2.47 bits per heavy atom. The minimum atomic E-state index is 0.145. The average Bonchev–Trinajstić information content (AvgIpc) is 2.64. The lowest BCUT2D eigenvalue weighted by Gasteiger charge is -2.23. The van der Waals surface area contributed by atoms with E-state index in [1.54, 1.807) is 0 Å². The molecule has 102 valence electrons. The van der Waals surface area contributed by atoms with Crippen molar-refractivity contribution in [1.82, 2.24) is 9.78 Å². The van der Waals surface area contributed by atoms with Crippen molar-refractivity contribution in [3.05, 3.63) is 47.3 Å². The number of hydrogen-bond acceptors (Lipinski definition) is 2. The van der Waals surface area contributed by atoms with Gasteiger partial charge in [-0.25, -0.2) is 0 Å². The van der Waals surface area contributed by atoms with Gasteiger partial charge in [-0.05, 0) is 30.0 Å². The Balaban J connectivity index is 2.18. The van der Waals surface area contributed by atoms with Gasteiger partial charge in [-0.15, -0.1) is 0 Å². The van der Waals surface area contributed by atoms with Crippen LogP contribution in [0.25, 0.3) is 0 Å². The van der Waals surface area contributed by atoms with Gasteiger partial charge in [0, 0.05) is 12.7 Å². The Bertz CT molecular complexity index is 562. The molecule has 0 amide bonds. The van der Waals surface area contributed by atoms with Gasteiger partial charge in [-0.1, -0.05) is 39.0 Å². The maximum absolute atomic E-state index is 4.37. The molecular formula is C16H23N3. The summed E-state index contributed by atoms with van der Waals surface area (Å²) < 4.78 is 1.93. The summed E-state index contributed by atoms with van der Waals surface area (Å²) in [4.78, 5) is 0. The highest BCUT2D eigenvalue weighted by atomic mass is 15.3. The van der Waals surface area contributed by atoms with Crippen LogP contribution in [0.15, 0.2) is 30.3 Å². The molecule has 3 nitrogen and oxygen atoms in total. The standard InChI is InChI=1S/C16H23N3/c1-12-10-13(19(5)18-12)11-17-15-9-7-6-8-14(15)16(2,3)4/h6-10,17H,11H2,1-5H3. The van der Waals surface area contributed by atoms with Crippen LogP contribution in [0.4, 0.5) is 5.69 Å². The molecule has 0 radical (unpaired) electrons. The van der Waals surface area contributed by atoms with Crippen LogP contribution in [-0.2, 0) is 19.0 Å². The highest BCUT2D eigenvalue weighted by Crippen LogP contribution is 2.29. The Labute approximate surface area is 115 Å². The Kier molecular flexibility index (Phi) is 3.65. The first kappa shape index (κ1) is 13.7. The third-order valence-electron chi connectivity index (χ3n) is 3.29. The fourth-order valence-electron chi connectivity index (χ4n) is 2.31. The highest BCUT2D eigenvalue weighted by Gasteiger charge is 2.17. The summed E-state index contributed by atoms with van der Waals surface area (Å²) in [5.41, 5.74) is 4.94. The summed E-state index contributed by atoms with van der Waals surface area (Å²) in [5.74, 6) is 0. The van der Waals surface area contributed by atoms with Gasteiger partial charge in [0.1, 0.15) is 0 Å². The van der Waals surface area contributed by atoms with Crippen molar-refractivity contribution < 1.29 is 0 Å². The van der Waals surface area contributed by atoms with Crippen LogP contribution < -0.4 is 5.32 Å². The van der Waals surface area contributed by atoms with E-state index in [0.717, 1.165) is 12.2 Å². The summed E-state index contributed by atoms with van der Waals surface area (Å²) in [6.07, 6.45) is 0. The number of aryl methyl sites for hydroxylation is 2. The maximum atomic E-state index is 4.37. The predicted octanol–water partition coefficient (Wildman–Crippen LogP) is 3.64. The summed E-state index contributed by atoms with van der Waals surface area (Å²) in [6.45, 7) is 9.53. The van der Waals surface area contributed by atoms with Gasteiger partial charge in [-0.3, -0.25) is 4.68 Å². The van der Waals surface area contributed by atoms with E-state index in [0.29, 0.717) is 0 Å². The molecule has 2 aromatic rings. The minimum absolute atomic E-state index is 0.145. The molecule has 1 aromatic carbocycles. The van der Waals surface area contributed by atoms with Crippen LogP contribution in [-0.4, -0.2) is 9.78 Å². The number of nitrogens with zero attached hydrogens (tertiary/aromatic N) is 2. The van der Waals surface area contributed by atoms with Gasteiger partial charge in [0.05, 0.1) is 17.9 Å². The van der Waals surface area contributed by atoms with Gasteiger partial charge in [-0.2, -0.15) is 5.10 Å². The largest absolute Gasteiger partial charge is 0.379 e. The number of rotatable bonds is 3. The van der Waals surface area contributed by atoms with Crippen molar-refractivity contribution in [2.24, 2.45) is 7.05 Å². The molecule has 0 spiro atoms. The molecular weight excluding hydrogens is 234 g/mol. The molecule has 0 saturated carbocycles. The third kappa shape index (κ3) is 3.16. The number of nitrogens with one attached hydrogen (secondary N) is 1. The molecule has 0 aliphatic carbocycles. The molecule has 3 heteroatoms. The molecule has 0 aliphatic heterocycles. The lowest BCUT2D eigenvalue weighted by molar-refractivity contribution is 0.591. The molecule has 1 heterocycles.